The number of likely N-dealkylation sites (N-methyl/N-ethyl adjacent to an activating group) is 1. The first kappa shape index (κ1) is 27.2. The molecule has 0 aliphatic carbocycles. The number of rotatable bonds is 6. The molecule has 0 saturated heterocycles. The number of oxazole rings is 1. The molecule has 1 atom stereocenters. The van der Waals surface area contributed by atoms with E-state index in [1.807, 2.05) is 89.3 Å². The van der Waals surface area contributed by atoms with Crippen LogP contribution in [-0.4, -0.2) is 50.0 Å². The summed E-state index contributed by atoms with van der Waals surface area (Å²) in [4.78, 5) is 19.0. The number of carbonyl (C=O) groups is 1. The first-order valence-corrected chi connectivity index (χ1v) is 11.5. The number of nitrogens with zero attached hydrogens (tertiary/aromatic N) is 2. The molecule has 2 heterocycles. The van der Waals surface area contributed by atoms with E-state index in [-0.39, 0.29) is 5.91 Å². The second kappa shape index (κ2) is 14.2. The van der Waals surface area contributed by atoms with Crippen molar-refractivity contribution in [2.75, 3.05) is 34.2 Å². The number of fused-ring (bicyclic) bond motifs is 3. The van der Waals surface area contributed by atoms with Crippen molar-refractivity contribution in [3.63, 3.8) is 0 Å². The number of aromatic nitrogens is 1. The minimum absolute atomic E-state index is 0.0676. The smallest absolute Gasteiger partial charge is 0.253 e. The van der Waals surface area contributed by atoms with Gasteiger partial charge in [-0.1, -0.05) is 45.9 Å². The van der Waals surface area contributed by atoms with E-state index in [2.05, 4.69) is 29.5 Å². The Balaban J connectivity index is 0.000000769. The van der Waals surface area contributed by atoms with Gasteiger partial charge in [-0.15, -0.1) is 0 Å². The van der Waals surface area contributed by atoms with Gasteiger partial charge in [0.25, 0.3) is 5.91 Å². The van der Waals surface area contributed by atoms with Crippen molar-refractivity contribution in [3.05, 3.63) is 59.2 Å². The molecule has 3 rings (SSSR count). The van der Waals surface area contributed by atoms with E-state index in [4.69, 9.17) is 4.42 Å². The van der Waals surface area contributed by atoms with Gasteiger partial charge in [0.2, 0.25) is 5.89 Å². The molecular weight excluding hydrogens is 400 g/mol. The van der Waals surface area contributed by atoms with Gasteiger partial charge in [0.05, 0.1) is 5.56 Å². The zero-order valence-electron chi connectivity index (χ0n) is 21.0. The summed E-state index contributed by atoms with van der Waals surface area (Å²) in [6, 6.07) is 3.92. The maximum absolute atomic E-state index is 12.4. The Labute approximate surface area is 193 Å². The first-order chi connectivity index (χ1) is 15.5. The fourth-order valence-electron chi connectivity index (χ4n) is 3.21. The zero-order valence-corrected chi connectivity index (χ0v) is 21.0. The monoisotopic (exact) mass is 440 g/mol. The maximum Gasteiger partial charge on any atom is 0.253 e. The molecule has 176 valence electrons. The molecule has 1 unspecified atom stereocenters. The van der Waals surface area contributed by atoms with Crippen LogP contribution in [0.1, 0.15) is 68.8 Å². The Kier molecular flexibility index (Phi) is 12.1. The summed E-state index contributed by atoms with van der Waals surface area (Å²) in [5, 5.41) is 5.89. The number of carbonyl (C=O) groups excluding carboxylic acids is 1. The van der Waals surface area contributed by atoms with E-state index in [0.29, 0.717) is 35.0 Å². The number of hydrogen-bond acceptors (Lipinski definition) is 5. The lowest BCUT2D eigenvalue weighted by atomic mass is 9.88. The summed E-state index contributed by atoms with van der Waals surface area (Å²) in [6.07, 6.45) is 10.7. The van der Waals surface area contributed by atoms with E-state index in [0.717, 1.165) is 24.2 Å². The van der Waals surface area contributed by atoms with Gasteiger partial charge < -0.3 is 20.0 Å². The number of hydrogen-bond donors (Lipinski definition) is 2. The van der Waals surface area contributed by atoms with Crippen molar-refractivity contribution in [3.8, 4) is 0 Å². The van der Waals surface area contributed by atoms with E-state index < -0.39 is 0 Å². The highest BCUT2D eigenvalue weighted by Gasteiger charge is 2.27. The van der Waals surface area contributed by atoms with E-state index in [1.54, 1.807) is 0 Å². The zero-order chi connectivity index (χ0) is 24.1. The average Bonchev–Trinajstić information content (AvgIpc) is 3.23. The molecule has 1 aliphatic heterocycles. The summed E-state index contributed by atoms with van der Waals surface area (Å²) in [6.45, 7) is 11.9. The van der Waals surface area contributed by atoms with E-state index in [9.17, 15) is 4.79 Å². The minimum Gasteiger partial charge on any atom is -0.437 e. The Morgan fingerprint density at radius 1 is 1.31 bits per heavy atom. The van der Waals surface area contributed by atoms with E-state index in [1.165, 1.54) is 0 Å². The molecule has 1 amide bonds. The van der Waals surface area contributed by atoms with Crippen LogP contribution in [-0.2, 0) is 0 Å². The molecule has 2 N–H and O–H groups in total. The second-order valence-electron chi connectivity index (χ2n) is 7.30. The molecule has 2 aromatic rings. The predicted molar refractivity (Wildman–Crippen MR) is 136 cm³/mol. The Morgan fingerprint density at radius 3 is 2.56 bits per heavy atom. The highest BCUT2D eigenvalue weighted by molar-refractivity contribution is 6.07. The maximum atomic E-state index is 12.4. The lowest BCUT2D eigenvalue weighted by molar-refractivity contribution is 0.0941. The third-order valence-corrected chi connectivity index (χ3v) is 4.99. The van der Waals surface area contributed by atoms with Crippen LogP contribution < -0.4 is 10.6 Å². The van der Waals surface area contributed by atoms with E-state index >= 15 is 0 Å². The Bertz CT molecular complexity index is 937. The van der Waals surface area contributed by atoms with Crippen LogP contribution in [0.25, 0.3) is 17.2 Å². The van der Waals surface area contributed by atoms with Gasteiger partial charge in [-0.3, -0.25) is 4.79 Å². The summed E-state index contributed by atoms with van der Waals surface area (Å²) < 4.78 is 5.81. The van der Waals surface area contributed by atoms with Crippen LogP contribution in [0, 0.1) is 0 Å². The third kappa shape index (κ3) is 7.09. The largest absolute Gasteiger partial charge is 0.437 e. The molecule has 32 heavy (non-hydrogen) atoms. The van der Waals surface area contributed by atoms with Gasteiger partial charge in [-0.05, 0) is 50.7 Å². The summed E-state index contributed by atoms with van der Waals surface area (Å²) >= 11 is 0. The van der Waals surface area contributed by atoms with Gasteiger partial charge in [0, 0.05) is 38.3 Å². The lowest BCUT2D eigenvalue weighted by Gasteiger charge is -2.24. The average molecular weight is 441 g/mol. The second-order valence-corrected chi connectivity index (χ2v) is 7.30. The van der Waals surface area contributed by atoms with Gasteiger partial charge in [0.15, 0.2) is 5.58 Å². The fraction of sp³-hybridized carbons (Fsp3) is 0.462. The molecule has 0 bridgehead atoms. The number of benzene rings is 1. The molecule has 0 saturated carbocycles. The highest BCUT2D eigenvalue weighted by Crippen LogP contribution is 2.32. The molecule has 1 aromatic heterocycles. The number of allylic oxidation sites excluding steroid dienone is 4. The van der Waals surface area contributed by atoms with Gasteiger partial charge >= 0.3 is 0 Å². The van der Waals surface area contributed by atoms with Gasteiger partial charge in [0.1, 0.15) is 5.52 Å². The van der Waals surface area contributed by atoms with Crippen LogP contribution in [0.2, 0.25) is 0 Å². The van der Waals surface area contributed by atoms with Crippen molar-refractivity contribution in [2.45, 2.75) is 47.0 Å². The highest BCUT2D eigenvalue weighted by atomic mass is 16.3. The van der Waals surface area contributed by atoms with Crippen LogP contribution in [0.3, 0.4) is 0 Å². The molecular formula is C26H40N4O2. The fourth-order valence-corrected chi connectivity index (χ4v) is 3.21. The Hall–Kier alpha value is -2.86. The molecule has 1 aromatic carbocycles. The third-order valence-electron chi connectivity index (χ3n) is 4.99. The number of amides is 1. The molecule has 6 heteroatoms. The number of nitrogens with one attached hydrogen (secondary N) is 2. The lowest BCUT2D eigenvalue weighted by Crippen LogP contribution is -2.35. The van der Waals surface area contributed by atoms with Crippen molar-refractivity contribution in [1.29, 1.82) is 0 Å². The van der Waals surface area contributed by atoms with Crippen LogP contribution in [0.4, 0.5) is 0 Å². The van der Waals surface area contributed by atoms with Crippen molar-refractivity contribution >= 4 is 23.1 Å². The summed E-state index contributed by atoms with van der Waals surface area (Å²) in [5.74, 6) is 0.755. The first-order valence-electron chi connectivity index (χ1n) is 11.5. The van der Waals surface area contributed by atoms with Crippen molar-refractivity contribution in [2.24, 2.45) is 0 Å². The standard InChI is InChI=1S/C21H25N3O2.C3H9N.C2H6/c1-5-8-15(24(3)4)9-7-10-18-23-20-17(26-18)12-11-16-14(6-2)13-22-21(25)19(16)20;1-3-4-2;1-2/h5,7-12,14H,6,13H2,1-4H3,(H,22,25);4H,3H2,1-2H3;1-2H3/b8-5-,10-7+,15-9+;;. The van der Waals surface area contributed by atoms with Gasteiger partial charge in [-0.2, -0.15) is 0 Å². The van der Waals surface area contributed by atoms with Crippen molar-refractivity contribution < 1.29 is 9.21 Å². The normalized spacial score (nSPS) is 15.7. The summed E-state index contributed by atoms with van der Waals surface area (Å²) in [5.41, 5.74) is 4.07. The van der Waals surface area contributed by atoms with Gasteiger partial charge in [-0.25, -0.2) is 4.98 Å². The summed E-state index contributed by atoms with van der Waals surface area (Å²) in [7, 11) is 5.92. The van der Waals surface area contributed by atoms with Crippen LogP contribution >= 0.6 is 0 Å². The quantitative estimate of drug-likeness (QED) is 0.593. The molecule has 6 nitrogen and oxygen atoms in total. The molecule has 1 aliphatic rings. The molecule has 0 spiro atoms. The van der Waals surface area contributed by atoms with Crippen LogP contribution in [0.15, 0.2) is 46.6 Å². The predicted octanol–water partition coefficient (Wildman–Crippen LogP) is 5.35. The topological polar surface area (TPSA) is 70.4 Å². The van der Waals surface area contributed by atoms with Crippen LogP contribution in [0.5, 0.6) is 0 Å². The SMILES string of the molecule is CC.CCNC.C\C=C/C(=C\C=C\c1nc2c3c(ccc2o1)C(CC)CNC3=O)N(C)C. The van der Waals surface area contributed by atoms with Crippen molar-refractivity contribution in [1.82, 2.24) is 20.5 Å². The molecule has 0 fully saturated rings. The Morgan fingerprint density at radius 2 is 2.00 bits per heavy atom. The minimum atomic E-state index is -0.0676. The molecule has 0 radical (unpaired) electrons.